The zero-order valence-corrected chi connectivity index (χ0v) is 18.1. The smallest absolute Gasteiger partial charge is 0.213 e. The normalized spacial score (nSPS) is 12.4. The quantitative estimate of drug-likeness (QED) is 0.507. The molecular weight excluding hydrogens is 390 g/mol. The number of benzene rings is 1. The van der Waals surface area contributed by atoms with Gasteiger partial charge in [-0.05, 0) is 25.8 Å². The van der Waals surface area contributed by atoms with E-state index in [0.717, 1.165) is 35.1 Å². The first-order valence-corrected chi connectivity index (χ1v) is 11.5. The van der Waals surface area contributed by atoms with Crippen LogP contribution < -0.4 is 5.73 Å². The number of para-hydroxylation sites is 1. The van der Waals surface area contributed by atoms with Crippen molar-refractivity contribution in [3.05, 3.63) is 30.1 Å². The molecule has 0 bridgehead atoms. The molecule has 9 heteroatoms. The van der Waals surface area contributed by atoms with Crippen molar-refractivity contribution in [2.45, 2.75) is 39.3 Å². The van der Waals surface area contributed by atoms with Gasteiger partial charge in [0.15, 0.2) is 5.82 Å². The third-order valence-corrected chi connectivity index (χ3v) is 6.88. The third kappa shape index (κ3) is 4.68. The van der Waals surface area contributed by atoms with Crippen molar-refractivity contribution < 1.29 is 13.2 Å². The van der Waals surface area contributed by atoms with E-state index in [1.165, 1.54) is 4.31 Å². The summed E-state index contributed by atoms with van der Waals surface area (Å²) in [6.45, 7) is 3.66. The van der Waals surface area contributed by atoms with Crippen LogP contribution in [0.4, 0.5) is 5.82 Å². The highest BCUT2D eigenvalue weighted by Gasteiger charge is 2.17. The second-order valence-electron chi connectivity index (χ2n) is 7.19. The average molecular weight is 420 g/mol. The highest BCUT2D eigenvalue weighted by atomic mass is 32.2. The molecule has 0 fully saturated rings. The van der Waals surface area contributed by atoms with Gasteiger partial charge in [-0.2, -0.15) is 0 Å². The van der Waals surface area contributed by atoms with Crippen LogP contribution in [0.15, 0.2) is 24.3 Å². The van der Waals surface area contributed by atoms with Gasteiger partial charge in [0, 0.05) is 32.6 Å². The van der Waals surface area contributed by atoms with E-state index in [2.05, 4.69) is 9.55 Å². The molecule has 0 aliphatic carbocycles. The van der Waals surface area contributed by atoms with Crippen molar-refractivity contribution in [2.24, 2.45) is 0 Å². The first-order valence-electron chi connectivity index (χ1n) is 9.86. The Labute approximate surface area is 171 Å². The Bertz CT molecular complexity index is 1090. The summed E-state index contributed by atoms with van der Waals surface area (Å²) in [6.07, 6.45) is 2.27. The summed E-state index contributed by atoms with van der Waals surface area (Å²) in [6, 6.07) is 7.88. The number of hydrogen-bond acceptors (Lipinski definition) is 6. The van der Waals surface area contributed by atoms with Crippen LogP contribution in [-0.2, 0) is 27.9 Å². The predicted molar refractivity (Wildman–Crippen MR) is 116 cm³/mol. The van der Waals surface area contributed by atoms with Crippen molar-refractivity contribution in [2.75, 3.05) is 32.2 Å². The number of fused-ring (bicyclic) bond motifs is 3. The van der Waals surface area contributed by atoms with Gasteiger partial charge in [0.05, 0.1) is 16.8 Å². The van der Waals surface area contributed by atoms with E-state index in [-0.39, 0.29) is 5.75 Å². The highest BCUT2D eigenvalue weighted by Crippen LogP contribution is 2.29. The van der Waals surface area contributed by atoms with Crippen molar-refractivity contribution in [3.63, 3.8) is 0 Å². The fourth-order valence-corrected chi connectivity index (χ4v) is 4.30. The molecule has 29 heavy (non-hydrogen) atoms. The van der Waals surface area contributed by atoms with Crippen LogP contribution in [-0.4, -0.2) is 53.7 Å². The molecule has 3 aromatic rings. The number of nitrogen functional groups attached to an aromatic ring is 1. The van der Waals surface area contributed by atoms with Crippen LogP contribution in [0.1, 0.15) is 32.0 Å². The molecule has 158 valence electrons. The summed E-state index contributed by atoms with van der Waals surface area (Å²) in [5.74, 6) is 1.39. The minimum atomic E-state index is -3.15. The minimum Gasteiger partial charge on any atom is -0.382 e. The number of unbranched alkanes of at least 4 members (excludes halogenated alkanes) is 2. The van der Waals surface area contributed by atoms with Gasteiger partial charge in [-0.3, -0.25) is 0 Å². The van der Waals surface area contributed by atoms with Crippen molar-refractivity contribution >= 4 is 37.8 Å². The molecule has 0 atom stereocenters. The van der Waals surface area contributed by atoms with Gasteiger partial charge in [0.25, 0.3) is 0 Å². The van der Waals surface area contributed by atoms with Gasteiger partial charge in [0.1, 0.15) is 17.9 Å². The summed E-state index contributed by atoms with van der Waals surface area (Å²) in [5, 5.41) is 1.00. The van der Waals surface area contributed by atoms with E-state index in [9.17, 15) is 8.42 Å². The van der Waals surface area contributed by atoms with Gasteiger partial charge in [0.2, 0.25) is 10.0 Å². The van der Waals surface area contributed by atoms with Crippen LogP contribution in [0.5, 0.6) is 0 Å². The summed E-state index contributed by atoms with van der Waals surface area (Å²) in [7, 11) is -0.0204. The topological polar surface area (TPSA) is 103 Å². The van der Waals surface area contributed by atoms with Gasteiger partial charge >= 0.3 is 0 Å². The molecule has 0 amide bonds. The zero-order valence-electron chi connectivity index (χ0n) is 17.3. The maximum atomic E-state index is 11.9. The molecule has 0 saturated heterocycles. The summed E-state index contributed by atoms with van der Waals surface area (Å²) in [5.41, 5.74) is 8.67. The van der Waals surface area contributed by atoms with E-state index < -0.39 is 10.0 Å². The number of anilines is 1. The molecule has 1 aromatic carbocycles. The summed E-state index contributed by atoms with van der Waals surface area (Å²) < 4.78 is 32.9. The number of imidazole rings is 1. The maximum Gasteiger partial charge on any atom is 0.213 e. The highest BCUT2D eigenvalue weighted by molar-refractivity contribution is 7.89. The van der Waals surface area contributed by atoms with E-state index in [1.54, 1.807) is 14.1 Å². The van der Waals surface area contributed by atoms with Gasteiger partial charge < -0.3 is 15.0 Å². The number of hydrogen-bond donors (Lipinski definition) is 1. The Hall–Kier alpha value is -2.23. The molecule has 2 aromatic heterocycles. The Morgan fingerprint density at radius 1 is 1.14 bits per heavy atom. The van der Waals surface area contributed by atoms with E-state index in [0.29, 0.717) is 37.5 Å². The van der Waals surface area contributed by atoms with Crippen LogP contribution in [0, 0.1) is 0 Å². The molecule has 0 aliphatic rings. The fourth-order valence-electron chi connectivity index (χ4n) is 3.36. The lowest BCUT2D eigenvalue weighted by Gasteiger charge is -2.12. The van der Waals surface area contributed by atoms with Gasteiger partial charge in [-0.25, -0.2) is 22.7 Å². The first-order chi connectivity index (χ1) is 13.8. The number of rotatable bonds is 10. The van der Waals surface area contributed by atoms with Crippen LogP contribution in [0.3, 0.4) is 0 Å². The largest absolute Gasteiger partial charge is 0.382 e. The van der Waals surface area contributed by atoms with Crippen LogP contribution in [0.25, 0.3) is 21.9 Å². The maximum absolute atomic E-state index is 11.9. The number of aryl methyl sites for hydroxylation is 1. The monoisotopic (exact) mass is 419 g/mol. The number of ether oxygens (including phenoxy) is 1. The number of aromatic nitrogens is 3. The second-order valence-corrected chi connectivity index (χ2v) is 9.49. The van der Waals surface area contributed by atoms with E-state index in [4.69, 9.17) is 15.5 Å². The second kappa shape index (κ2) is 9.06. The molecule has 0 saturated carbocycles. The average Bonchev–Trinajstić information content (AvgIpc) is 3.05. The van der Waals surface area contributed by atoms with Crippen molar-refractivity contribution in [1.29, 1.82) is 0 Å². The lowest BCUT2D eigenvalue weighted by molar-refractivity contribution is 0.126. The minimum absolute atomic E-state index is 0.163. The zero-order chi connectivity index (χ0) is 21.0. The molecule has 2 heterocycles. The predicted octanol–water partition coefficient (Wildman–Crippen LogP) is 2.76. The fraction of sp³-hybridized carbons (Fsp3) is 0.500. The molecular formula is C20H29N5O3S. The Balaban J connectivity index is 1.86. The van der Waals surface area contributed by atoms with Crippen molar-refractivity contribution in [3.8, 4) is 0 Å². The lowest BCUT2D eigenvalue weighted by atomic mass is 10.2. The van der Waals surface area contributed by atoms with Crippen LogP contribution >= 0.6 is 0 Å². The van der Waals surface area contributed by atoms with Crippen LogP contribution in [0.2, 0.25) is 0 Å². The lowest BCUT2D eigenvalue weighted by Crippen LogP contribution is -2.25. The molecule has 0 radical (unpaired) electrons. The summed E-state index contributed by atoms with van der Waals surface area (Å²) in [4.78, 5) is 9.19. The van der Waals surface area contributed by atoms with Crippen molar-refractivity contribution in [1.82, 2.24) is 18.8 Å². The Kier molecular flexibility index (Phi) is 6.71. The standard InChI is InChI=1S/C20H29N5O3S/c1-4-28-14-17-23-18-19(15-10-6-7-11-16(15)22-20(18)21)25(17)12-8-5-9-13-29(26,27)24(2)3/h6-7,10-11H,4-5,8-9,12-14H2,1-3H3,(H2,21,22). The number of nitrogens with two attached hydrogens (primary N) is 1. The molecule has 0 aliphatic heterocycles. The number of pyridine rings is 1. The van der Waals surface area contributed by atoms with Gasteiger partial charge in [-0.15, -0.1) is 0 Å². The SMILES string of the molecule is CCOCc1nc2c(N)nc3ccccc3c2n1CCCCCS(=O)(=O)N(C)C. The molecule has 3 rings (SSSR count). The molecule has 8 nitrogen and oxygen atoms in total. The first kappa shape index (κ1) is 21.5. The molecule has 0 unspecified atom stereocenters. The Morgan fingerprint density at radius 3 is 2.62 bits per heavy atom. The third-order valence-electron chi connectivity index (χ3n) is 4.96. The van der Waals surface area contributed by atoms with E-state index >= 15 is 0 Å². The van der Waals surface area contributed by atoms with Gasteiger partial charge in [-0.1, -0.05) is 24.6 Å². The number of sulfonamides is 1. The molecule has 0 spiro atoms. The summed E-state index contributed by atoms with van der Waals surface area (Å²) >= 11 is 0. The molecule has 2 N–H and O–H groups in total. The van der Waals surface area contributed by atoms with E-state index in [1.807, 2.05) is 31.2 Å². The Morgan fingerprint density at radius 2 is 1.90 bits per heavy atom. The number of nitrogens with zero attached hydrogens (tertiary/aromatic N) is 4.